The number of rotatable bonds is 26. The number of benzene rings is 1. The van der Waals surface area contributed by atoms with E-state index in [1.54, 1.807) is 6.07 Å². The molecule has 0 aliphatic heterocycles. The van der Waals surface area contributed by atoms with Crippen molar-refractivity contribution >= 4 is 11.7 Å². The molecule has 1 rings (SSSR count). The predicted octanol–water partition coefficient (Wildman–Crippen LogP) is 2.87. The first-order chi connectivity index (χ1) is 17.7. The molecule has 36 heavy (non-hydrogen) atoms. The van der Waals surface area contributed by atoms with Gasteiger partial charge in [-0.15, -0.1) is 0 Å². The van der Waals surface area contributed by atoms with Gasteiger partial charge >= 0.3 is 5.97 Å². The van der Waals surface area contributed by atoms with Gasteiger partial charge in [0.2, 0.25) is 0 Å². The predicted molar refractivity (Wildman–Crippen MR) is 136 cm³/mol. The van der Waals surface area contributed by atoms with E-state index in [-0.39, 0.29) is 12.6 Å². The highest BCUT2D eigenvalue weighted by molar-refractivity contribution is 5.69. The van der Waals surface area contributed by atoms with E-state index in [0.29, 0.717) is 104 Å². The van der Waals surface area contributed by atoms with E-state index in [2.05, 4.69) is 6.92 Å². The van der Waals surface area contributed by atoms with Crippen LogP contribution in [0.2, 0.25) is 0 Å². The zero-order chi connectivity index (χ0) is 25.9. The number of carbonyl (C=O) groups is 1. The second-order valence-corrected chi connectivity index (χ2v) is 7.74. The molecule has 0 heterocycles. The molecule has 0 spiro atoms. The van der Waals surface area contributed by atoms with Crippen LogP contribution in [-0.4, -0.2) is 98.5 Å². The van der Waals surface area contributed by atoms with Crippen LogP contribution in [0.3, 0.4) is 0 Å². The largest absolute Gasteiger partial charge is 0.489 e. The fraction of sp³-hybridized carbons (Fsp3) is 0.731. The maximum Gasteiger partial charge on any atom is 0.305 e. The van der Waals surface area contributed by atoms with Gasteiger partial charge in [0, 0.05) is 6.42 Å². The lowest BCUT2D eigenvalue weighted by atomic mass is 10.2. The summed E-state index contributed by atoms with van der Waals surface area (Å²) in [6, 6.07) is 7.37. The van der Waals surface area contributed by atoms with E-state index < -0.39 is 0 Å². The standard InChI is InChI=1S/C26H45NO9/c1-2-3-4-9-26(28)36-23-21-34-19-17-32-15-13-30-11-10-29-12-14-31-16-18-33-20-22-35-25-8-6-5-7-24(25)27/h5-8H,2-4,9-23,27H2,1H3. The molecule has 1 aromatic rings. The second kappa shape index (κ2) is 24.7. The number of anilines is 1. The lowest BCUT2D eigenvalue weighted by molar-refractivity contribution is -0.145. The number of para-hydroxylation sites is 2. The first-order valence-corrected chi connectivity index (χ1v) is 12.8. The van der Waals surface area contributed by atoms with Gasteiger partial charge in [0.15, 0.2) is 0 Å². The molecule has 0 aromatic heterocycles. The highest BCUT2D eigenvalue weighted by atomic mass is 16.6. The van der Waals surface area contributed by atoms with Gasteiger partial charge in [0.05, 0.1) is 85.0 Å². The lowest BCUT2D eigenvalue weighted by Gasteiger charge is -2.09. The Balaban J connectivity index is 1.69. The van der Waals surface area contributed by atoms with Crippen LogP contribution in [0.1, 0.15) is 32.6 Å². The number of esters is 1. The van der Waals surface area contributed by atoms with E-state index in [1.807, 2.05) is 18.2 Å². The van der Waals surface area contributed by atoms with Gasteiger partial charge in [-0.3, -0.25) is 4.79 Å². The van der Waals surface area contributed by atoms with E-state index in [1.165, 1.54) is 0 Å². The van der Waals surface area contributed by atoms with E-state index in [4.69, 9.17) is 43.6 Å². The van der Waals surface area contributed by atoms with Crippen LogP contribution in [0.25, 0.3) is 0 Å². The van der Waals surface area contributed by atoms with Crippen LogP contribution in [-0.2, 0) is 38.0 Å². The maximum atomic E-state index is 11.4. The quantitative estimate of drug-likeness (QED) is 0.112. The van der Waals surface area contributed by atoms with Gasteiger partial charge in [-0.05, 0) is 18.6 Å². The SMILES string of the molecule is CCCCCC(=O)OCCOCCOCCOCCOCCOCCOCCOc1ccccc1N. The third kappa shape index (κ3) is 20.3. The fourth-order valence-electron chi connectivity index (χ4n) is 2.83. The van der Waals surface area contributed by atoms with Gasteiger partial charge in [-0.1, -0.05) is 31.9 Å². The summed E-state index contributed by atoms with van der Waals surface area (Å²) < 4.78 is 43.2. The maximum absolute atomic E-state index is 11.4. The van der Waals surface area contributed by atoms with Crippen LogP contribution in [0.4, 0.5) is 5.69 Å². The van der Waals surface area contributed by atoms with Crippen molar-refractivity contribution in [2.45, 2.75) is 32.6 Å². The molecular formula is C26H45NO9. The van der Waals surface area contributed by atoms with Gasteiger partial charge in [-0.2, -0.15) is 0 Å². The normalized spacial score (nSPS) is 11.0. The molecule has 0 unspecified atom stereocenters. The Hall–Kier alpha value is -1.95. The summed E-state index contributed by atoms with van der Waals surface area (Å²) in [4.78, 5) is 11.4. The molecule has 0 fully saturated rings. The molecule has 0 atom stereocenters. The van der Waals surface area contributed by atoms with Crippen LogP contribution < -0.4 is 10.5 Å². The minimum Gasteiger partial charge on any atom is -0.489 e. The summed E-state index contributed by atoms with van der Waals surface area (Å²) in [5.41, 5.74) is 6.42. The summed E-state index contributed by atoms with van der Waals surface area (Å²) in [6.07, 6.45) is 3.50. The smallest absolute Gasteiger partial charge is 0.305 e. The highest BCUT2D eigenvalue weighted by Crippen LogP contribution is 2.19. The molecular weight excluding hydrogens is 470 g/mol. The monoisotopic (exact) mass is 515 g/mol. The Bertz CT molecular complexity index is 633. The van der Waals surface area contributed by atoms with Crippen molar-refractivity contribution < 1.29 is 42.7 Å². The molecule has 0 aliphatic carbocycles. The average molecular weight is 516 g/mol. The number of ether oxygens (including phenoxy) is 8. The van der Waals surface area contributed by atoms with Gasteiger partial charge in [-0.25, -0.2) is 0 Å². The highest BCUT2D eigenvalue weighted by Gasteiger charge is 2.02. The molecule has 0 aliphatic rings. The topological polar surface area (TPSA) is 117 Å². The van der Waals surface area contributed by atoms with Crippen LogP contribution in [0.15, 0.2) is 24.3 Å². The Kier molecular flexibility index (Phi) is 22.0. The third-order valence-electron chi connectivity index (χ3n) is 4.74. The first-order valence-electron chi connectivity index (χ1n) is 12.8. The Labute approximate surface area is 215 Å². The van der Waals surface area contributed by atoms with E-state index >= 15 is 0 Å². The summed E-state index contributed by atoms with van der Waals surface area (Å²) in [6.45, 7) is 8.58. The lowest BCUT2D eigenvalue weighted by Crippen LogP contribution is -2.15. The number of nitrogens with two attached hydrogens (primary N) is 1. The summed E-state index contributed by atoms with van der Waals surface area (Å²) in [7, 11) is 0. The molecule has 10 nitrogen and oxygen atoms in total. The molecule has 0 saturated carbocycles. The minimum atomic E-state index is -0.157. The van der Waals surface area contributed by atoms with E-state index in [9.17, 15) is 4.79 Å². The number of nitrogen functional groups attached to an aromatic ring is 1. The zero-order valence-electron chi connectivity index (χ0n) is 21.8. The van der Waals surface area contributed by atoms with Crippen molar-refractivity contribution in [2.75, 3.05) is 98.2 Å². The average Bonchev–Trinajstić information content (AvgIpc) is 2.88. The first kappa shape index (κ1) is 32.1. The number of unbranched alkanes of at least 4 members (excludes halogenated alkanes) is 2. The molecule has 2 N–H and O–H groups in total. The Morgan fingerprint density at radius 3 is 1.56 bits per heavy atom. The summed E-state index contributed by atoms with van der Waals surface area (Å²) >= 11 is 0. The van der Waals surface area contributed by atoms with Gasteiger partial charge in [0.25, 0.3) is 0 Å². The zero-order valence-corrected chi connectivity index (χ0v) is 21.8. The summed E-state index contributed by atoms with van der Waals surface area (Å²) in [5.74, 6) is 0.511. The van der Waals surface area contributed by atoms with Crippen molar-refractivity contribution in [3.05, 3.63) is 24.3 Å². The second-order valence-electron chi connectivity index (χ2n) is 7.74. The number of carbonyl (C=O) groups excluding carboxylic acids is 1. The fourth-order valence-corrected chi connectivity index (χ4v) is 2.83. The van der Waals surface area contributed by atoms with Gasteiger partial charge < -0.3 is 43.6 Å². The molecule has 208 valence electrons. The molecule has 0 amide bonds. The summed E-state index contributed by atoms with van der Waals surface area (Å²) in [5, 5.41) is 0. The molecule has 0 saturated heterocycles. The van der Waals surface area contributed by atoms with Crippen molar-refractivity contribution in [1.82, 2.24) is 0 Å². The minimum absolute atomic E-state index is 0.157. The molecule has 10 heteroatoms. The third-order valence-corrected chi connectivity index (χ3v) is 4.74. The van der Waals surface area contributed by atoms with Crippen molar-refractivity contribution in [2.24, 2.45) is 0 Å². The van der Waals surface area contributed by atoms with Crippen molar-refractivity contribution in [3.63, 3.8) is 0 Å². The van der Waals surface area contributed by atoms with Crippen molar-refractivity contribution in [1.29, 1.82) is 0 Å². The molecule has 1 aromatic carbocycles. The Morgan fingerprint density at radius 2 is 1.08 bits per heavy atom. The van der Waals surface area contributed by atoms with Gasteiger partial charge in [0.1, 0.15) is 19.0 Å². The van der Waals surface area contributed by atoms with Crippen LogP contribution >= 0.6 is 0 Å². The number of hydrogen-bond donors (Lipinski definition) is 1. The molecule has 0 bridgehead atoms. The van der Waals surface area contributed by atoms with Crippen LogP contribution in [0, 0.1) is 0 Å². The molecule has 0 radical (unpaired) electrons. The Morgan fingerprint density at radius 1 is 0.639 bits per heavy atom. The van der Waals surface area contributed by atoms with Crippen LogP contribution in [0.5, 0.6) is 5.75 Å². The number of hydrogen-bond acceptors (Lipinski definition) is 10. The van der Waals surface area contributed by atoms with Crippen molar-refractivity contribution in [3.8, 4) is 5.75 Å². The van der Waals surface area contributed by atoms with E-state index in [0.717, 1.165) is 19.3 Å².